The van der Waals surface area contributed by atoms with E-state index in [0.29, 0.717) is 32.5 Å². The van der Waals surface area contributed by atoms with Gasteiger partial charge < -0.3 is 19.6 Å². The number of piperidine rings is 2. The third-order valence-corrected chi connectivity index (χ3v) is 5.77. The number of carbonyl (C=O) groups excluding carboxylic acids is 2. The topological polar surface area (TPSA) is 87.2 Å². The number of amides is 2. The van der Waals surface area contributed by atoms with Crippen LogP contribution in [0.1, 0.15) is 31.2 Å². The largest absolute Gasteiger partial charge is 0.497 e. The van der Waals surface area contributed by atoms with Gasteiger partial charge in [0.2, 0.25) is 11.8 Å². The van der Waals surface area contributed by atoms with Gasteiger partial charge in [0.1, 0.15) is 12.3 Å². The fourth-order valence-electron chi connectivity index (χ4n) is 4.08. The number of hydrogen-bond acceptors (Lipinski definition) is 4. The van der Waals surface area contributed by atoms with Crippen LogP contribution < -0.4 is 4.74 Å². The third-order valence-electron chi connectivity index (χ3n) is 5.77. The Kier molecular flexibility index (Phi) is 5.68. The monoisotopic (exact) mass is 374 g/mol. The van der Waals surface area contributed by atoms with E-state index in [-0.39, 0.29) is 23.8 Å². The molecule has 0 saturated carbocycles. The fourth-order valence-corrected chi connectivity index (χ4v) is 4.08. The minimum atomic E-state index is -0.979. The van der Waals surface area contributed by atoms with Gasteiger partial charge in [0.15, 0.2) is 0 Å². The Morgan fingerprint density at radius 3 is 2.41 bits per heavy atom. The zero-order chi connectivity index (χ0) is 19.4. The van der Waals surface area contributed by atoms with Crippen molar-refractivity contribution in [3.63, 3.8) is 0 Å². The van der Waals surface area contributed by atoms with Crippen molar-refractivity contribution in [2.75, 3.05) is 33.3 Å². The minimum absolute atomic E-state index is 0.0553. The van der Waals surface area contributed by atoms with Crippen molar-refractivity contribution in [2.45, 2.75) is 32.1 Å². The summed E-state index contributed by atoms with van der Waals surface area (Å²) < 4.78 is 5.13. The number of nitrogens with zero attached hydrogens (tertiary/aromatic N) is 2. The van der Waals surface area contributed by atoms with Gasteiger partial charge in [-0.25, -0.2) is 0 Å². The van der Waals surface area contributed by atoms with Crippen LogP contribution >= 0.6 is 0 Å². The smallest absolute Gasteiger partial charge is 0.323 e. The number of benzene rings is 1. The molecule has 1 N–H and O–H groups in total. The van der Waals surface area contributed by atoms with Crippen LogP contribution in [0.25, 0.3) is 0 Å². The van der Waals surface area contributed by atoms with E-state index >= 15 is 0 Å². The van der Waals surface area contributed by atoms with Crippen molar-refractivity contribution in [1.82, 2.24) is 9.80 Å². The lowest BCUT2D eigenvalue weighted by Gasteiger charge is -2.47. The Labute approximate surface area is 158 Å². The first-order valence-corrected chi connectivity index (χ1v) is 9.31. The lowest BCUT2D eigenvalue weighted by atomic mass is 9.72. The molecule has 1 aromatic carbocycles. The number of carboxylic acid groups (broad SMARTS) is 1. The molecule has 0 unspecified atom stereocenters. The molecule has 146 valence electrons. The van der Waals surface area contributed by atoms with Gasteiger partial charge in [-0.3, -0.25) is 14.4 Å². The normalized spacial score (nSPS) is 19.2. The zero-order valence-electron chi connectivity index (χ0n) is 15.6. The van der Waals surface area contributed by atoms with Crippen LogP contribution in [-0.2, 0) is 20.8 Å². The average molecular weight is 374 g/mol. The first-order chi connectivity index (χ1) is 12.9. The Morgan fingerprint density at radius 2 is 1.81 bits per heavy atom. The van der Waals surface area contributed by atoms with E-state index in [1.807, 2.05) is 29.2 Å². The summed E-state index contributed by atoms with van der Waals surface area (Å²) in [4.78, 5) is 38.9. The van der Waals surface area contributed by atoms with E-state index in [4.69, 9.17) is 9.84 Å². The van der Waals surface area contributed by atoms with Crippen LogP contribution in [0.2, 0.25) is 0 Å². The zero-order valence-corrected chi connectivity index (χ0v) is 15.6. The number of aliphatic carboxylic acids is 1. The van der Waals surface area contributed by atoms with E-state index < -0.39 is 5.97 Å². The molecule has 2 heterocycles. The lowest BCUT2D eigenvalue weighted by Crippen LogP contribution is -2.53. The standard InChI is InChI=1S/C20H26N2O5/c1-27-16-4-2-15(3-5-16)12-18(24)21-10-8-20(9-11-21)7-6-17(23)22(14-20)13-19(25)26/h2-5H,6-14H2,1H3,(H,25,26). The highest BCUT2D eigenvalue weighted by Gasteiger charge is 2.42. The summed E-state index contributed by atoms with van der Waals surface area (Å²) in [5.74, 6) is -0.193. The van der Waals surface area contributed by atoms with Crippen LogP contribution in [0.5, 0.6) is 5.75 Å². The van der Waals surface area contributed by atoms with Gasteiger partial charge in [-0.15, -0.1) is 0 Å². The predicted octanol–water partition coefficient (Wildman–Crippen LogP) is 1.55. The first kappa shape index (κ1) is 19.2. The van der Waals surface area contributed by atoms with Crippen molar-refractivity contribution in [2.24, 2.45) is 5.41 Å². The van der Waals surface area contributed by atoms with Crippen molar-refractivity contribution in [1.29, 1.82) is 0 Å². The van der Waals surface area contributed by atoms with Crippen LogP contribution in [0.3, 0.4) is 0 Å². The molecule has 7 heteroatoms. The minimum Gasteiger partial charge on any atom is -0.497 e. The maximum atomic E-state index is 12.6. The summed E-state index contributed by atoms with van der Waals surface area (Å²) in [6.45, 7) is 1.56. The molecule has 2 saturated heterocycles. The predicted molar refractivity (Wildman–Crippen MR) is 98.4 cm³/mol. The maximum absolute atomic E-state index is 12.6. The maximum Gasteiger partial charge on any atom is 0.323 e. The van der Waals surface area contributed by atoms with Gasteiger partial charge >= 0.3 is 5.97 Å². The SMILES string of the molecule is COc1ccc(CC(=O)N2CCC3(CCC(=O)N(CC(=O)O)C3)CC2)cc1. The second-order valence-corrected chi connectivity index (χ2v) is 7.55. The number of carboxylic acids is 1. The van der Waals surface area contributed by atoms with Gasteiger partial charge in [0.25, 0.3) is 0 Å². The molecule has 2 amide bonds. The number of carbonyl (C=O) groups is 3. The molecule has 0 bridgehead atoms. The number of hydrogen-bond donors (Lipinski definition) is 1. The fraction of sp³-hybridized carbons (Fsp3) is 0.550. The number of rotatable bonds is 5. The molecule has 0 radical (unpaired) electrons. The third kappa shape index (κ3) is 4.59. The molecule has 3 rings (SSSR count). The molecular weight excluding hydrogens is 348 g/mol. The van der Waals surface area contributed by atoms with Gasteiger partial charge in [0.05, 0.1) is 13.5 Å². The van der Waals surface area contributed by atoms with Crippen LogP contribution in [0, 0.1) is 5.41 Å². The van der Waals surface area contributed by atoms with Crippen LogP contribution in [0.4, 0.5) is 0 Å². The molecule has 0 atom stereocenters. The van der Waals surface area contributed by atoms with E-state index in [1.54, 1.807) is 7.11 Å². The molecule has 2 aliphatic rings. The number of likely N-dealkylation sites (tertiary alicyclic amines) is 2. The summed E-state index contributed by atoms with van der Waals surface area (Å²) in [5.41, 5.74) is 0.900. The summed E-state index contributed by atoms with van der Waals surface area (Å²) in [6.07, 6.45) is 3.16. The van der Waals surface area contributed by atoms with Gasteiger partial charge in [-0.2, -0.15) is 0 Å². The Hall–Kier alpha value is -2.57. The van der Waals surface area contributed by atoms with Crippen LogP contribution in [-0.4, -0.2) is 66.0 Å². The van der Waals surface area contributed by atoms with Crippen molar-refractivity contribution < 1.29 is 24.2 Å². The Balaban J connectivity index is 1.55. The molecule has 0 aliphatic carbocycles. The highest BCUT2D eigenvalue weighted by Crippen LogP contribution is 2.40. The summed E-state index contributed by atoms with van der Waals surface area (Å²) >= 11 is 0. The Bertz CT molecular complexity index is 708. The molecule has 27 heavy (non-hydrogen) atoms. The summed E-state index contributed by atoms with van der Waals surface area (Å²) in [6, 6.07) is 7.51. The van der Waals surface area contributed by atoms with Crippen molar-refractivity contribution in [3.8, 4) is 5.75 Å². The van der Waals surface area contributed by atoms with Crippen LogP contribution in [0.15, 0.2) is 24.3 Å². The van der Waals surface area contributed by atoms with E-state index in [1.165, 1.54) is 4.90 Å². The van der Waals surface area contributed by atoms with E-state index in [9.17, 15) is 14.4 Å². The van der Waals surface area contributed by atoms with Gasteiger partial charge in [-0.1, -0.05) is 12.1 Å². The van der Waals surface area contributed by atoms with Gasteiger partial charge in [0, 0.05) is 26.1 Å². The average Bonchev–Trinajstić information content (AvgIpc) is 2.66. The molecule has 7 nitrogen and oxygen atoms in total. The number of methoxy groups -OCH3 is 1. The van der Waals surface area contributed by atoms with E-state index in [2.05, 4.69) is 0 Å². The van der Waals surface area contributed by atoms with Crippen molar-refractivity contribution >= 4 is 17.8 Å². The molecule has 2 fully saturated rings. The molecule has 1 spiro atoms. The molecule has 2 aliphatic heterocycles. The lowest BCUT2D eigenvalue weighted by molar-refractivity contribution is -0.150. The highest BCUT2D eigenvalue weighted by atomic mass is 16.5. The second-order valence-electron chi connectivity index (χ2n) is 7.55. The van der Waals surface area contributed by atoms with E-state index in [0.717, 1.165) is 30.6 Å². The highest BCUT2D eigenvalue weighted by molar-refractivity contribution is 5.82. The van der Waals surface area contributed by atoms with Gasteiger partial charge in [-0.05, 0) is 42.4 Å². The second kappa shape index (κ2) is 7.98. The molecule has 1 aromatic rings. The Morgan fingerprint density at radius 1 is 1.15 bits per heavy atom. The molecular formula is C20H26N2O5. The number of ether oxygens (including phenoxy) is 1. The summed E-state index contributed by atoms with van der Waals surface area (Å²) in [5, 5.41) is 9.00. The summed E-state index contributed by atoms with van der Waals surface area (Å²) in [7, 11) is 1.61. The quantitative estimate of drug-likeness (QED) is 0.845. The molecule has 0 aromatic heterocycles. The first-order valence-electron chi connectivity index (χ1n) is 9.31. The van der Waals surface area contributed by atoms with Crippen molar-refractivity contribution in [3.05, 3.63) is 29.8 Å².